The maximum absolute atomic E-state index is 12.1. The number of nitro groups is 1. The number of hydrogen-bond acceptors (Lipinski definition) is 5. The molecule has 3 aromatic carbocycles. The van der Waals surface area contributed by atoms with Crippen molar-refractivity contribution in [3.8, 4) is 5.75 Å². The molecule has 0 aromatic heterocycles. The maximum atomic E-state index is 12.1. The molecular formula is C22H17Cl2N3O4. The zero-order valence-electron chi connectivity index (χ0n) is 16.3. The fourth-order valence-corrected chi connectivity index (χ4v) is 2.98. The van der Waals surface area contributed by atoms with E-state index in [0.29, 0.717) is 26.9 Å². The van der Waals surface area contributed by atoms with Crippen LogP contribution in [0.4, 0.5) is 5.69 Å². The number of amides is 1. The molecule has 0 saturated heterocycles. The molecule has 7 nitrogen and oxygen atoms in total. The van der Waals surface area contributed by atoms with E-state index < -0.39 is 4.92 Å². The third kappa shape index (κ3) is 6.04. The van der Waals surface area contributed by atoms with Gasteiger partial charge in [0.15, 0.2) is 0 Å². The summed E-state index contributed by atoms with van der Waals surface area (Å²) in [4.78, 5) is 22.4. The van der Waals surface area contributed by atoms with Crippen molar-refractivity contribution < 1.29 is 14.5 Å². The average Bonchev–Trinajstić information content (AvgIpc) is 2.75. The van der Waals surface area contributed by atoms with Crippen LogP contribution in [0.5, 0.6) is 5.75 Å². The predicted molar refractivity (Wildman–Crippen MR) is 120 cm³/mol. The highest BCUT2D eigenvalue weighted by Crippen LogP contribution is 2.26. The van der Waals surface area contributed by atoms with Crippen LogP contribution in [0.15, 0.2) is 65.8 Å². The van der Waals surface area contributed by atoms with E-state index in [0.717, 1.165) is 11.1 Å². The molecule has 0 heterocycles. The number of hydrazone groups is 1. The van der Waals surface area contributed by atoms with E-state index in [-0.39, 0.29) is 18.2 Å². The molecule has 0 aliphatic carbocycles. The Balaban J connectivity index is 1.57. The number of aryl methyl sites for hydroxylation is 1. The van der Waals surface area contributed by atoms with Gasteiger partial charge >= 0.3 is 0 Å². The first kappa shape index (κ1) is 22.3. The predicted octanol–water partition coefficient (Wildman–Crippen LogP) is 5.55. The van der Waals surface area contributed by atoms with Crippen LogP contribution in [-0.2, 0) is 6.61 Å². The van der Waals surface area contributed by atoms with Crippen molar-refractivity contribution in [2.24, 2.45) is 5.10 Å². The Morgan fingerprint density at radius 3 is 2.48 bits per heavy atom. The second kappa shape index (κ2) is 10.1. The Hall–Kier alpha value is -3.42. The molecule has 0 radical (unpaired) electrons. The summed E-state index contributed by atoms with van der Waals surface area (Å²) in [6, 6.07) is 16.1. The van der Waals surface area contributed by atoms with E-state index in [1.165, 1.54) is 18.3 Å². The molecule has 0 atom stereocenters. The van der Waals surface area contributed by atoms with Crippen molar-refractivity contribution in [2.75, 3.05) is 0 Å². The number of benzene rings is 3. The molecule has 1 amide bonds. The van der Waals surface area contributed by atoms with Gasteiger partial charge in [-0.1, -0.05) is 29.3 Å². The van der Waals surface area contributed by atoms with Crippen molar-refractivity contribution in [1.82, 2.24) is 5.43 Å². The lowest BCUT2D eigenvalue weighted by atomic mass is 10.1. The molecule has 3 rings (SSSR count). The number of carbonyl (C=O) groups is 1. The standard InChI is InChI=1S/C22H17Cl2N3O4/c1-14-2-6-17(11-19(14)23)22(28)26-25-12-16-5-9-21(20(24)10-16)31-13-15-3-7-18(8-4-15)27(29)30/h2-12H,13H2,1H3,(H,26,28)/b25-12-. The van der Waals surface area contributed by atoms with E-state index in [1.54, 1.807) is 48.5 Å². The van der Waals surface area contributed by atoms with Crippen LogP contribution in [0.2, 0.25) is 10.0 Å². The molecule has 1 N–H and O–H groups in total. The minimum atomic E-state index is -0.458. The Morgan fingerprint density at radius 2 is 1.84 bits per heavy atom. The van der Waals surface area contributed by atoms with Crippen molar-refractivity contribution in [3.05, 3.63) is 103 Å². The first-order valence-corrected chi connectivity index (χ1v) is 9.84. The van der Waals surface area contributed by atoms with Gasteiger partial charge in [0.2, 0.25) is 0 Å². The monoisotopic (exact) mass is 457 g/mol. The number of carbonyl (C=O) groups excluding carboxylic acids is 1. The lowest BCUT2D eigenvalue weighted by Gasteiger charge is -2.08. The molecule has 0 bridgehead atoms. The first-order chi connectivity index (χ1) is 14.8. The van der Waals surface area contributed by atoms with E-state index in [9.17, 15) is 14.9 Å². The van der Waals surface area contributed by atoms with Gasteiger partial charge in [-0.15, -0.1) is 0 Å². The molecule has 0 unspecified atom stereocenters. The zero-order valence-corrected chi connectivity index (χ0v) is 17.9. The van der Waals surface area contributed by atoms with E-state index in [4.69, 9.17) is 27.9 Å². The van der Waals surface area contributed by atoms with Gasteiger partial charge in [0, 0.05) is 22.7 Å². The Bertz CT molecular complexity index is 1150. The van der Waals surface area contributed by atoms with Crippen LogP contribution < -0.4 is 10.2 Å². The summed E-state index contributed by atoms with van der Waals surface area (Å²) in [6.45, 7) is 2.06. The van der Waals surface area contributed by atoms with Crippen LogP contribution in [-0.4, -0.2) is 17.0 Å². The van der Waals surface area contributed by atoms with Crippen LogP contribution in [0.1, 0.15) is 27.0 Å². The maximum Gasteiger partial charge on any atom is 0.271 e. The lowest BCUT2D eigenvalue weighted by molar-refractivity contribution is -0.384. The number of halogens is 2. The Morgan fingerprint density at radius 1 is 1.10 bits per heavy atom. The summed E-state index contributed by atoms with van der Waals surface area (Å²) < 4.78 is 5.67. The summed E-state index contributed by atoms with van der Waals surface area (Å²) in [5, 5.41) is 15.5. The van der Waals surface area contributed by atoms with Crippen LogP contribution in [0.3, 0.4) is 0 Å². The number of non-ortho nitro benzene ring substituents is 1. The lowest BCUT2D eigenvalue weighted by Crippen LogP contribution is -2.17. The third-order valence-electron chi connectivity index (χ3n) is 4.31. The molecular weight excluding hydrogens is 441 g/mol. The first-order valence-electron chi connectivity index (χ1n) is 9.09. The smallest absolute Gasteiger partial charge is 0.271 e. The van der Waals surface area contributed by atoms with Crippen molar-refractivity contribution >= 4 is 41.0 Å². The van der Waals surface area contributed by atoms with Crippen LogP contribution in [0.25, 0.3) is 0 Å². The highest BCUT2D eigenvalue weighted by Gasteiger charge is 2.08. The minimum absolute atomic E-state index is 0.0167. The summed E-state index contributed by atoms with van der Waals surface area (Å²) in [7, 11) is 0. The summed E-state index contributed by atoms with van der Waals surface area (Å²) in [6.07, 6.45) is 1.46. The number of nitrogens with zero attached hydrogens (tertiary/aromatic N) is 2. The second-order valence-electron chi connectivity index (χ2n) is 6.57. The Kier molecular flexibility index (Phi) is 7.23. The van der Waals surface area contributed by atoms with Gasteiger partial charge in [-0.2, -0.15) is 5.10 Å². The highest BCUT2D eigenvalue weighted by molar-refractivity contribution is 6.32. The number of nitrogens with one attached hydrogen (secondary N) is 1. The minimum Gasteiger partial charge on any atom is -0.487 e. The Labute approximate surface area is 188 Å². The molecule has 0 aliphatic heterocycles. The molecule has 9 heteroatoms. The molecule has 0 fully saturated rings. The van der Waals surface area contributed by atoms with Crippen molar-refractivity contribution in [3.63, 3.8) is 0 Å². The molecule has 3 aromatic rings. The largest absolute Gasteiger partial charge is 0.487 e. The average molecular weight is 458 g/mol. The van der Waals surface area contributed by atoms with Gasteiger partial charge in [-0.3, -0.25) is 14.9 Å². The fourth-order valence-electron chi connectivity index (χ4n) is 2.55. The zero-order chi connectivity index (χ0) is 22.4. The molecule has 0 spiro atoms. The van der Waals surface area contributed by atoms with Gasteiger partial charge in [0.1, 0.15) is 12.4 Å². The quantitative estimate of drug-likeness (QED) is 0.285. The van der Waals surface area contributed by atoms with E-state index >= 15 is 0 Å². The normalized spacial score (nSPS) is 10.8. The van der Waals surface area contributed by atoms with Gasteiger partial charge in [-0.25, -0.2) is 5.43 Å². The van der Waals surface area contributed by atoms with Crippen molar-refractivity contribution in [1.29, 1.82) is 0 Å². The number of ether oxygens (including phenoxy) is 1. The van der Waals surface area contributed by atoms with Gasteiger partial charge in [-0.05, 0) is 66.1 Å². The highest BCUT2D eigenvalue weighted by atomic mass is 35.5. The second-order valence-corrected chi connectivity index (χ2v) is 7.38. The van der Waals surface area contributed by atoms with Crippen molar-refractivity contribution in [2.45, 2.75) is 13.5 Å². The van der Waals surface area contributed by atoms with Crippen LogP contribution in [0, 0.1) is 17.0 Å². The summed E-state index contributed by atoms with van der Waals surface area (Å²) in [5.41, 5.74) is 5.17. The van der Waals surface area contributed by atoms with Gasteiger partial charge in [0.25, 0.3) is 11.6 Å². The summed E-state index contributed by atoms with van der Waals surface area (Å²) in [5.74, 6) is 0.0720. The SMILES string of the molecule is Cc1ccc(C(=O)N/N=C\c2ccc(OCc3ccc([N+](=O)[O-])cc3)c(Cl)c2)cc1Cl. The molecule has 0 saturated carbocycles. The number of hydrogen-bond donors (Lipinski definition) is 1. The van der Waals surface area contributed by atoms with E-state index in [1.807, 2.05) is 6.92 Å². The molecule has 31 heavy (non-hydrogen) atoms. The van der Waals surface area contributed by atoms with Crippen LogP contribution >= 0.6 is 23.2 Å². The molecule has 0 aliphatic rings. The molecule has 158 valence electrons. The summed E-state index contributed by atoms with van der Waals surface area (Å²) >= 11 is 12.3. The van der Waals surface area contributed by atoms with E-state index in [2.05, 4.69) is 10.5 Å². The number of rotatable bonds is 7. The number of nitro benzene ring substituents is 1. The fraction of sp³-hybridized carbons (Fsp3) is 0.0909. The van der Waals surface area contributed by atoms with Gasteiger partial charge < -0.3 is 4.74 Å². The topological polar surface area (TPSA) is 93.8 Å². The third-order valence-corrected chi connectivity index (χ3v) is 5.01. The van der Waals surface area contributed by atoms with Gasteiger partial charge in [0.05, 0.1) is 16.2 Å².